The fourth-order valence-electron chi connectivity index (χ4n) is 3.11. The van der Waals surface area contributed by atoms with Crippen molar-refractivity contribution in [3.8, 4) is 28.5 Å². The lowest BCUT2D eigenvalue weighted by atomic mass is 9.98. The van der Waals surface area contributed by atoms with Crippen molar-refractivity contribution in [1.82, 2.24) is 15.0 Å². The number of thioether (sulfide) groups is 1. The highest BCUT2D eigenvalue weighted by atomic mass is 32.2. The lowest BCUT2D eigenvalue weighted by Gasteiger charge is -2.13. The average molecular weight is 438 g/mol. The number of anilines is 1. The van der Waals surface area contributed by atoms with Crippen LogP contribution in [0.3, 0.4) is 0 Å². The molecule has 1 amide bonds. The summed E-state index contributed by atoms with van der Waals surface area (Å²) in [6, 6.07) is 23.7. The van der Waals surface area contributed by atoms with Gasteiger partial charge in [-0.15, -0.1) is 0 Å². The molecule has 0 unspecified atom stereocenters. The summed E-state index contributed by atoms with van der Waals surface area (Å²) in [4.78, 5) is 25.1. The second-order valence-electron chi connectivity index (χ2n) is 6.99. The number of hydrogen-bond acceptors (Lipinski definition) is 6. The van der Waals surface area contributed by atoms with E-state index in [1.807, 2.05) is 67.6 Å². The van der Waals surface area contributed by atoms with E-state index >= 15 is 0 Å². The van der Waals surface area contributed by atoms with Gasteiger partial charge in [-0.2, -0.15) is 5.26 Å². The van der Waals surface area contributed by atoms with Crippen LogP contribution in [0.1, 0.15) is 11.1 Å². The van der Waals surface area contributed by atoms with Crippen molar-refractivity contribution in [3.05, 3.63) is 90.3 Å². The Bertz CT molecular complexity index is 1270. The summed E-state index contributed by atoms with van der Waals surface area (Å²) in [6.45, 7) is 2.02. The van der Waals surface area contributed by atoms with E-state index in [2.05, 4.69) is 21.4 Å². The van der Waals surface area contributed by atoms with E-state index in [0.29, 0.717) is 10.6 Å². The predicted octanol–water partition coefficient (Wildman–Crippen LogP) is 5.12. The molecule has 0 saturated carbocycles. The Morgan fingerprint density at radius 3 is 2.41 bits per heavy atom. The van der Waals surface area contributed by atoms with E-state index in [1.165, 1.54) is 11.8 Å². The first-order valence-electron chi connectivity index (χ1n) is 9.91. The molecular weight excluding hydrogens is 418 g/mol. The number of nitrogens with zero attached hydrogens (tertiary/aromatic N) is 4. The fraction of sp³-hybridized carbons (Fsp3) is 0.0800. The molecule has 0 aliphatic heterocycles. The molecule has 6 nitrogen and oxygen atoms in total. The minimum absolute atomic E-state index is 0.0749. The SMILES string of the molecule is Cc1ccc(-c2cc(-c3ccccc3)nc(SCC(=O)Nc3ncccn3)c2C#N)cc1. The standard InChI is InChI=1S/C25H19N5OS/c1-17-8-10-18(11-9-17)20-14-22(19-6-3-2-4-7-19)29-24(21(20)15-26)32-16-23(31)30-25-27-12-5-13-28-25/h2-14H,16H2,1H3,(H,27,28,30,31). The fourth-order valence-corrected chi connectivity index (χ4v) is 3.91. The molecule has 0 spiro atoms. The summed E-state index contributed by atoms with van der Waals surface area (Å²) in [5.41, 5.74) is 4.98. The van der Waals surface area contributed by atoms with Crippen LogP contribution >= 0.6 is 11.8 Å². The lowest BCUT2D eigenvalue weighted by Crippen LogP contribution is -2.16. The molecule has 0 aliphatic rings. The van der Waals surface area contributed by atoms with Crippen molar-refractivity contribution in [2.45, 2.75) is 11.9 Å². The number of nitriles is 1. The highest BCUT2D eigenvalue weighted by Crippen LogP contribution is 2.34. The number of carbonyl (C=O) groups is 1. The molecule has 0 radical (unpaired) electrons. The molecule has 0 bridgehead atoms. The van der Waals surface area contributed by atoms with E-state index in [4.69, 9.17) is 4.98 Å². The van der Waals surface area contributed by atoms with Crippen LogP contribution in [0.5, 0.6) is 0 Å². The average Bonchev–Trinajstić information content (AvgIpc) is 2.84. The molecule has 0 atom stereocenters. The normalized spacial score (nSPS) is 10.4. The molecule has 32 heavy (non-hydrogen) atoms. The third-order valence-electron chi connectivity index (χ3n) is 4.69. The van der Waals surface area contributed by atoms with Crippen LogP contribution in [0.15, 0.2) is 84.1 Å². The molecule has 0 saturated heterocycles. The number of aromatic nitrogens is 3. The van der Waals surface area contributed by atoms with E-state index < -0.39 is 0 Å². The van der Waals surface area contributed by atoms with Crippen LogP contribution < -0.4 is 5.32 Å². The predicted molar refractivity (Wildman–Crippen MR) is 126 cm³/mol. The second-order valence-corrected chi connectivity index (χ2v) is 7.95. The molecule has 2 heterocycles. The van der Waals surface area contributed by atoms with Gasteiger partial charge in [-0.1, -0.05) is 71.9 Å². The number of amides is 1. The number of benzene rings is 2. The molecule has 4 rings (SSSR count). The quantitative estimate of drug-likeness (QED) is 0.421. The molecule has 0 aliphatic carbocycles. The summed E-state index contributed by atoms with van der Waals surface area (Å²) >= 11 is 1.22. The van der Waals surface area contributed by atoms with Gasteiger partial charge < -0.3 is 0 Å². The third-order valence-corrected chi connectivity index (χ3v) is 5.66. The van der Waals surface area contributed by atoms with Gasteiger partial charge in [-0.05, 0) is 24.6 Å². The Kier molecular flexibility index (Phi) is 6.54. The molecule has 0 fully saturated rings. The van der Waals surface area contributed by atoms with Gasteiger partial charge in [0.2, 0.25) is 11.9 Å². The topological polar surface area (TPSA) is 91.6 Å². The molecule has 7 heteroatoms. The molecule has 1 N–H and O–H groups in total. The molecular formula is C25H19N5OS. The number of nitrogens with one attached hydrogen (secondary N) is 1. The number of pyridine rings is 1. The van der Waals surface area contributed by atoms with Gasteiger partial charge in [-0.25, -0.2) is 15.0 Å². The van der Waals surface area contributed by atoms with Crippen molar-refractivity contribution in [2.24, 2.45) is 0 Å². The summed E-state index contributed by atoms with van der Waals surface area (Å²) in [5.74, 6) is 0.0461. The number of aryl methyl sites for hydroxylation is 1. The van der Waals surface area contributed by atoms with E-state index in [9.17, 15) is 10.1 Å². The smallest absolute Gasteiger partial charge is 0.237 e. The zero-order valence-corrected chi connectivity index (χ0v) is 18.1. The third kappa shape index (κ3) is 4.99. The highest BCUT2D eigenvalue weighted by Gasteiger charge is 2.17. The zero-order chi connectivity index (χ0) is 22.3. The Morgan fingerprint density at radius 2 is 1.72 bits per heavy atom. The molecule has 4 aromatic rings. The number of hydrogen-bond donors (Lipinski definition) is 1. The molecule has 156 valence electrons. The van der Waals surface area contributed by atoms with Crippen molar-refractivity contribution in [3.63, 3.8) is 0 Å². The monoisotopic (exact) mass is 437 g/mol. The molecule has 2 aromatic carbocycles. The van der Waals surface area contributed by atoms with Crippen molar-refractivity contribution >= 4 is 23.6 Å². The minimum atomic E-state index is -0.270. The van der Waals surface area contributed by atoms with Gasteiger partial charge in [0.15, 0.2) is 0 Å². The van der Waals surface area contributed by atoms with E-state index in [0.717, 1.165) is 27.9 Å². The number of rotatable bonds is 6. The Labute approximate surface area is 190 Å². The Morgan fingerprint density at radius 1 is 1.00 bits per heavy atom. The summed E-state index contributed by atoms with van der Waals surface area (Å²) in [5, 5.41) is 13.1. The van der Waals surface area contributed by atoms with Crippen molar-refractivity contribution in [1.29, 1.82) is 5.26 Å². The first-order chi connectivity index (χ1) is 15.6. The van der Waals surface area contributed by atoms with Gasteiger partial charge in [0.1, 0.15) is 11.1 Å². The van der Waals surface area contributed by atoms with Crippen LogP contribution in [-0.2, 0) is 4.79 Å². The second kappa shape index (κ2) is 9.86. The van der Waals surface area contributed by atoms with E-state index in [-0.39, 0.29) is 17.6 Å². The van der Waals surface area contributed by atoms with Crippen LogP contribution in [0.2, 0.25) is 0 Å². The Hall–Kier alpha value is -4.02. The van der Waals surface area contributed by atoms with Gasteiger partial charge in [0.25, 0.3) is 0 Å². The van der Waals surface area contributed by atoms with Gasteiger partial charge in [-0.3, -0.25) is 10.1 Å². The number of carbonyl (C=O) groups excluding carboxylic acids is 1. The summed E-state index contributed by atoms with van der Waals surface area (Å²) < 4.78 is 0. The zero-order valence-electron chi connectivity index (χ0n) is 17.3. The Balaban J connectivity index is 1.70. The van der Waals surface area contributed by atoms with Gasteiger partial charge >= 0.3 is 0 Å². The van der Waals surface area contributed by atoms with Crippen LogP contribution in [-0.4, -0.2) is 26.6 Å². The maximum absolute atomic E-state index is 12.4. The van der Waals surface area contributed by atoms with Crippen molar-refractivity contribution in [2.75, 3.05) is 11.1 Å². The van der Waals surface area contributed by atoms with E-state index in [1.54, 1.807) is 18.5 Å². The van der Waals surface area contributed by atoms with Gasteiger partial charge in [0, 0.05) is 23.5 Å². The van der Waals surface area contributed by atoms with Gasteiger partial charge in [0.05, 0.1) is 17.0 Å². The maximum atomic E-state index is 12.4. The summed E-state index contributed by atoms with van der Waals surface area (Å²) in [7, 11) is 0. The highest BCUT2D eigenvalue weighted by molar-refractivity contribution is 8.00. The van der Waals surface area contributed by atoms with Crippen LogP contribution in [0.4, 0.5) is 5.95 Å². The first-order valence-corrected chi connectivity index (χ1v) is 10.9. The largest absolute Gasteiger partial charge is 0.294 e. The van der Waals surface area contributed by atoms with Crippen LogP contribution in [0.25, 0.3) is 22.4 Å². The van der Waals surface area contributed by atoms with Crippen molar-refractivity contribution < 1.29 is 4.79 Å². The minimum Gasteiger partial charge on any atom is -0.294 e. The first kappa shape index (κ1) is 21.2. The molecule has 2 aromatic heterocycles. The van der Waals surface area contributed by atoms with Crippen LogP contribution in [0, 0.1) is 18.3 Å². The maximum Gasteiger partial charge on any atom is 0.237 e. The summed E-state index contributed by atoms with van der Waals surface area (Å²) in [6.07, 6.45) is 3.12. The lowest BCUT2D eigenvalue weighted by molar-refractivity contribution is -0.113.